The number of rotatable bonds is 8. The van der Waals surface area contributed by atoms with E-state index in [1.807, 2.05) is 49.6 Å². The van der Waals surface area contributed by atoms with Crippen molar-refractivity contribution in [3.63, 3.8) is 0 Å². The van der Waals surface area contributed by atoms with Crippen LogP contribution in [0.5, 0.6) is 0 Å². The molecule has 0 saturated heterocycles. The number of hydrogen-bond donors (Lipinski definition) is 2. The Morgan fingerprint density at radius 2 is 1.76 bits per heavy atom. The molecule has 2 amide bonds. The van der Waals surface area contributed by atoms with E-state index in [9.17, 15) is 9.59 Å². The fourth-order valence-electron chi connectivity index (χ4n) is 2.75. The number of amides is 2. The van der Waals surface area contributed by atoms with Crippen LogP contribution in [-0.2, 0) is 17.9 Å². The molecule has 0 atom stereocenters. The van der Waals surface area contributed by atoms with E-state index in [0.29, 0.717) is 29.3 Å². The van der Waals surface area contributed by atoms with E-state index in [1.165, 1.54) is 11.3 Å². The van der Waals surface area contributed by atoms with Gasteiger partial charge in [0.2, 0.25) is 0 Å². The highest BCUT2D eigenvalue weighted by Crippen LogP contribution is 2.18. The standard InChI is InChI=1S/C23H24N2O3S/c1-16(2)28-15-18-8-5-7-17(13-18)14-24-22(26)19-9-3-4-10-20(19)25-23(27)21-11-6-12-29-21/h3-13,16H,14-15H2,1-2H3,(H,24,26)(H,25,27). The molecule has 29 heavy (non-hydrogen) atoms. The summed E-state index contributed by atoms with van der Waals surface area (Å²) < 4.78 is 5.63. The van der Waals surface area contributed by atoms with Gasteiger partial charge in [0.25, 0.3) is 11.8 Å². The molecule has 0 aliphatic carbocycles. The largest absolute Gasteiger partial charge is 0.374 e. The summed E-state index contributed by atoms with van der Waals surface area (Å²) in [6.45, 7) is 4.93. The van der Waals surface area contributed by atoms with Gasteiger partial charge in [-0.25, -0.2) is 0 Å². The van der Waals surface area contributed by atoms with Gasteiger partial charge in [-0.1, -0.05) is 42.5 Å². The van der Waals surface area contributed by atoms with Crippen LogP contribution in [0.15, 0.2) is 66.0 Å². The van der Waals surface area contributed by atoms with E-state index in [4.69, 9.17) is 4.74 Å². The second-order valence-electron chi connectivity index (χ2n) is 6.84. The lowest BCUT2D eigenvalue weighted by Crippen LogP contribution is -2.24. The lowest BCUT2D eigenvalue weighted by Gasteiger charge is -2.12. The topological polar surface area (TPSA) is 67.4 Å². The van der Waals surface area contributed by atoms with Gasteiger partial charge in [-0.3, -0.25) is 9.59 Å². The van der Waals surface area contributed by atoms with Crippen LogP contribution in [0.4, 0.5) is 5.69 Å². The van der Waals surface area contributed by atoms with Crippen LogP contribution in [0.3, 0.4) is 0 Å². The van der Waals surface area contributed by atoms with Crippen LogP contribution in [0.25, 0.3) is 0 Å². The summed E-state index contributed by atoms with van der Waals surface area (Å²) in [7, 11) is 0. The summed E-state index contributed by atoms with van der Waals surface area (Å²) in [6, 6.07) is 18.5. The van der Waals surface area contributed by atoms with Gasteiger partial charge in [0.15, 0.2) is 0 Å². The van der Waals surface area contributed by atoms with E-state index < -0.39 is 0 Å². The molecule has 3 aromatic rings. The van der Waals surface area contributed by atoms with Gasteiger partial charge >= 0.3 is 0 Å². The lowest BCUT2D eigenvalue weighted by atomic mass is 10.1. The number of thiophene rings is 1. The summed E-state index contributed by atoms with van der Waals surface area (Å²) in [5, 5.41) is 7.59. The minimum absolute atomic E-state index is 0.166. The van der Waals surface area contributed by atoms with Gasteiger partial charge in [0, 0.05) is 6.54 Å². The number of benzene rings is 2. The number of carbonyl (C=O) groups is 2. The summed E-state index contributed by atoms with van der Waals surface area (Å²) in [5.74, 6) is -0.464. The third-order valence-corrected chi connectivity index (χ3v) is 5.06. The molecule has 2 N–H and O–H groups in total. The van der Waals surface area contributed by atoms with Crippen molar-refractivity contribution in [3.8, 4) is 0 Å². The normalized spacial score (nSPS) is 10.7. The first-order valence-electron chi connectivity index (χ1n) is 9.44. The number of carbonyl (C=O) groups excluding carboxylic acids is 2. The molecule has 1 aromatic heterocycles. The van der Waals surface area contributed by atoms with Gasteiger partial charge in [0.1, 0.15) is 0 Å². The monoisotopic (exact) mass is 408 g/mol. The summed E-state index contributed by atoms with van der Waals surface area (Å²) >= 11 is 1.36. The van der Waals surface area contributed by atoms with E-state index in [1.54, 1.807) is 30.3 Å². The van der Waals surface area contributed by atoms with Crippen molar-refractivity contribution in [1.29, 1.82) is 0 Å². The van der Waals surface area contributed by atoms with E-state index >= 15 is 0 Å². The zero-order valence-corrected chi connectivity index (χ0v) is 17.3. The summed E-state index contributed by atoms with van der Waals surface area (Å²) in [4.78, 5) is 25.7. The minimum Gasteiger partial charge on any atom is -0.374 e. The van der Waals surface area contributed by atoms with E-state index in [-0.39, 0.29) is 17.9 Å². The average molecular weight is 409 g/mol. The lowest BCUT2D eigenvalue weighted by molar-refractivity contribution is 0.0657. The highest BCUT2D eigenvalue weighted by atomic mass is 32.1. The van der Waals surface area contributed by atoms with Crippen LogP contribution < -0.4 is 10.6 Å². The van der Waals surface area contributed by atoms with Crippen LogP contribution in [0, 0.1) is 0 Å². The van der Waals surface area contributed by atoms with Crippen LogP contribution >= 0.6 is 11.3 Å². The third kappa shape index (κ3) is 6.01. The highest BCUT2D eigenvalue weighted by molar-refractivity contribution is 7.12. The Hall–Kier alpha value is -2.96. The Bertz CT molecular complexity index is 968. The van der Waals surface area contributed by atoms with Gasteiger partial charge in [-0.05, 0) is 48.6 Å². The van der Waals surface area contributed by atoms with Crippen LogP contribution in [0.1, 0.15) is 45.0 Å². The molecule has 0 unspecified atom stereocenters. The van der Waals surface area contributed by atoms with Crippen LogP contribution in [-0.4, -0.2) is 17.9 Å². The molecule has 0 fully saturated rings. The molecule has 0 aliphatic heterocycles. The molecular weight excluding hydrogens is 384 g/mol. The maximum Gasteiger partial charge on any atom is 0.265 e. The molecule has 0 saturated carbocycles. The molecule has 3 rings (SSSR count). The maximum absolute atomic E-state index is 12.7. The second kappa shape index (κ2) is 10.0. The van der Waals surface area contributed by atoms with Crippen molar-refractivity contribution >= 4 is 28.8 Å². The number of ether oxygens (including phenoxy) is 1. The maximum atomic E-state index is 12.7. The predicted molar refractivity (Wildman–Crippen MR) is 116 cm³/mol. The molecule has 0 aliphatic rings. The van der Waals surface area contributed by atoms with Gasteiger partial charge in [-0.15, -0.1) is 11.3 Å². The first-order chi connectivity index (χ1) is 14.0. The van der Waals surface area contributed by atoms with Crippen molar-refractivity contribution in [3.05, 3.63) is 87.6 Å². The molecule has 0 bridgehead atoms. The van der Waals surface area contributed by atoms with Gasteiger partial charge in [-0.2, -0.15) is 0 Å². The zero-order valence-electron chi connectivity index (χ0n) is 16.5. The van der Waals surface area contributed by atoms with Crippen molar-refractivity contribution in [2.75, 3.05) is 5.32 Å². The molecule has 150 valence electrons. The fraction of sp³-hybridized carbons (Fsp3) is 0.217. The first-order valence-corrected chi connectivity index (χ1v) is 10.3. The van der Waals surface area contributed by atoms with Crippen molar-refractivity contribution in [1.82, 2.24) is 5.32 Å². The van der Waals surface area contributed by atoms with E-state index in [2.05, 4.69) is 10.6 Å². The highest BCUT2D eigenvalue weighted by Gasteiger charge is 2.14. The number of hydrogen-bond acceptors (Lipinski definition) is 4. The molecule has 2 aromatic carbocycles. The van der Waals surface area contributed by atoms with Crippen molar-refractivity contribution in [2.24, 2.45) is 0 Å². The van der Waals surface area contributed by atoms with E-state index in [0.717, 1.165) is 11.1 Å². The molecular formula is C23H24N2O3S. The Kier molecular flexibility index (Phi) is 7.16. The van der Waals surface area contributed by atoms with Crippen molar-refractivity contribution in [2.45, 2.75) is 33.1 Å². The molecule has 0 spiro atoms. The quantitative estimate of drug-likeness (QED) is 0.560. The number of nitrogens with one attached hydrogen (secondary N) is 2. The Balaban J connectivity index is 1.64. The smallest absolute Gasteiger partial charge is 0.265 e. The fourth-order valence-corrected chi connectivity index (χ4v) is 3.37. The summed E-state index contributed by atoms with van der Waals surface area (Å²) in [6.07, 6.45) is 0.166. The van der Waals surface area contributed by atoms with Gasteiger partial charge < -0.3 is 15.4 Å². The Labute approximate surface area is 174 Å². The molecule has 6 heteroatoms. The Morgan fingerprint density at radius 1 is 0.966 bits per heavy atom. The van der Waals surface area contributed by atoms with Crippen LogP contribution in [0.2, 0.25) is 0 Å². The molecule has 0 radical (unpaired) electrons. The van der Waals surface area contributed by atoms with Crippen molar-refractivity contribution < 1.29 is 14.3 Å². The number of anilines is 1. The second-order valence-corrected chi connectivity index (χ2v) is 7.79. The average Bonchev–Trinajstić information content (AvgIpc) is 3.26. The third-order valence-electron chi connectivity index (χ3n) is 4.19. The first kappa shape index (κ1) is 20.8. The minimum atomic E-state index is -0.240. The summed E-state index contributed by atoms with van der Waals surface area (Å²) in [5.41, 5.74) is 2.97. The molecule has 5 nitrogen and oxygen atoms in total. The Morgan fingerprint density at radius 3 is 2.52 bits per heavy atom. The predicted octanol–water partition coefficient (Wildman–Crippen LogP) is 4.86. The molecule has 1 heterocycles. The zero-order chi connectivity index (χ0) is 20.6. The van der Waals surface area contributed by atoms with Gasteiger partial charge in [0.05, 0.1) is 28.8 Å². The SMILES string of the molecule is CC(C)OCc1cccc(CNC(=O)c2ccccc2NC(=O)c2cccs2)c1. The number of para-hydroxylation sites is 1.